The lowest BCUT2D eigenvalue weighted by molar-refractivity contribution is 0.854. The number of rotatable bonds is 5. The molecule has 0 unspecified atom stereocenters. The molecule has 0 fully saturated rings. The van der Waals surface area contributed by atoms with Gasteiger partial charge in [0.1, 0.15) is 12.1 Å². The summed E-state index contributed by atoms with van der Waals surface area (Å²) >= 11 is 0. The van der Waals surface area contributed by atoms with E-state index in [0.29, 0.717) is 11.8 Å². The Morgan fingerprint density at radius 2 is 1.67 bits per heavy atom. The van der Waals surface area contributed by atoms with E-state index in [2.05, 4.69) is 49.3 Å². The van der Waals surface area contributed by atoms with Crippen LogP contribution < -0.4 is 5.32 Å². The van der Waals surface area contributed by atoms with Crippen LogP contribution in [0.5, 0.6) is 0 Å². The van der Waals surface area contributed by atoms with Crippen LogP contribution in [0.25, 0.3) is 28.2 Å². The summed E-state index contributed by atoms with van der Waals surface area (Å²) in [4.78, 5) is 22.2. The summed E-state index contributed by atoms with van der Waals surface area (Å²) in [5.74, 6) is 2.00. The van der Waals surface area contributed by atoms with Crippen LogP contribution in [-0.2, 0) is 0 Å². The summed E-state index contributed by atoms with van der Waals surface area (Å²) < 4.78 is 1.95. The maximum Gasteiger partial charge on any atom is 0.225 e. The monoisotopic (exact) mass is 393 g/mol. The van der Waals surface area contributed by atoms with Crippen molar-refractivity contribution in [2.24, 2.45) is 0 Å². The lowest BCUT2D eigenvalue weighted by atomic mass is 10.1. The van der Waals surface area contributed by atoms with Crippen molar-refractivity contribution < 1.29 is 0 Å². The van der Waals surface area contributed by atoms with Gasteiger partial charge in [-0.3, -0.25) is 4.57 Å². The molecule has 7 nitrogen and oxygen atoms in total. The topological polar surface area (TPSA) is 81.4 Å². The van der Waals surface area contributed by atoms with Crippen molar-refractivity contribution in [1.82, 2.24) is 29.5 Å². The molecule has 0 aliphatic heterocycles. The van der Waals surface area contributed by atoms with Gasteiger partial charge in [-0.1, -0.05) is 30.3 Å². The van der Waals surface area contributed by atoms with Crippen molar-refractivity contribution >= 4 is 17.0 Å². The zero-order chi connectivity index (χ0) is 20.3. The number of fused-ring (bicyclic) bond motifs is 1. The third-order valence-electron chi connectivity index (χ3n) is 4.90. The Kier molecular flexibility index (Phi) is 4.61. The van der Waals surface area contributed by atoms with Gasteiger partial charge in [-0.2, -0.15) is 4.98 Å². The molecule has 30 heavy (non-hydrogen) atoms. The van der Waals surface area contributed by atoms with Crippen molar-refractivity contribution in [1.29, 1.82) is 0 Å². The van der Waals surface area contributed by atoms with Crippen molar-refractivity contribution in [2.45, 2.75) is 13.0 Å². The van der Waals surface area contributed by atoms with E-state index in [9.17, 15) is 0 Å². The van der Waals surface area contributed by atoms with Crippen LogP contribution in [0, 0.1) is 0 Å². The van der Waals surface area contributed by atoms with Gasteiger partial charge in [0.15, 0.2) is 5.82 Å². The summed E-state index contributed by atoms with van der Waals surface area (Å²) in [6, 6.07) is 20.0. The Balaban J connectivity index is 1.45. The maximum absolute atomic E-state index is 4.69. The van der Waals surface area contributed by atoms with Gasteiger partial charge in [0, 0.05) is 24.2 Å². The largest absolute Gasteiger partial charge is 0.348 e. The fourth-order valence-electron chi connectivity index (χ4n) is 3.35. The number of imidazole rings is 1. The second kappa shape index (κ2) is 7.71. The Bertz CT molecular complexity index is 1280. The molecule has 0 saturated carbocycles. The van der Waals surface area contributed by atoms with E-state index in [1.54, 1.807) is 31.0 Å². The molecule has 0 radical (unpaired) electrons. The van der Waals surface area contributed by atoms with Gasteiger partial charge in [0.25, 0.3) is 0 Å². The molecule has 3 aromatic heterocycles. The molecule has 0 aliphatic rings. The Hall–Kier alpha value is -4.13. The number of hydrogen-bond acceptors (Lipinski definition) is 6. The molecular weight excluding hydrogens is 374 g/mol. The van der Waals surface area contributed by atoms with Gasteiger partial charge >= 0.3 is 0 Å². The van der Waals surface area contributed by atoms with Crippen molar-refractivity contribution in [3.8, 4) is 17.2 Å². The van der Waals surface area contributed by atoms with Crippen LogP contribution in [-0.4, -0.2) is 29.5 Å². The first-order chi connectivity index (χ1) is 14.8. The molecule has 0 saturated heterocycles. The molecule has 1 atom stereocenters. The third-order valence-corrected chi connectivity index (χ3v) is 4.90. The number of benzene rings is 2. The standard InChI is InChI=1S/C23H19N7/c1-16(17-6-3-2-4-7-17)28-23-26-13-10-21(29-23)30-15-27-19-14-18(8-9-20(19)30)22-24-11-5-12-25-22/h2-16H,1H3,(H,26,28,29)/t16-/m0/s1. The van der Waals surface area contributed by atoms with E-state index in [0.717, 1.165) is 22.4 Å². The molecule has 3 heterocycles. The fraction of sp³-hybridized carbons (Fsp3) is 0.0870. The minimum atomic E-state index is 0.0920. The average Bonchev–Trinajstić information content (AvgIpc) is 3.24. The highest BCUT2D eigenvalue weighted by Gasteiger charge is 2.11. The SMILES string of the molecule is C[C@H](Nc1nccc(-n2cnc3cc(-c4ncccn4)ccc32)n1)c1ccccc1. The van der Waals surface area contributed by atoms with Crippen LogP contribution in [0.1, 0.15) is 18.5 Å². The smallest absolute Gasteiger partial charge is 0.225 e. The van der Waals surface area contributed by atoms with E-state index in [1.165, 1.54) is 5.56 Å². The van der Waals surface area contributed by atoms with Gasteiger partial charge in [-0.15, -0.1) is 0 Å². The predicted molar refractivity (Wildman–Crippen MR) is 116 cm³/mol. The lowest BCUT2D eigenvalue weighted by Crippen LogP contribution is -2.10. The predicted octanol–water partition coefficient (Wildman–Crippen LogP) is 4.45. The van der Waals surface area contributed by atoms with Crippen LogP contribution in [0.3, 0.4) is 0 Å². The highest BCUT2D eigenvalue weighted by atomic mass is 15.2. The van der Waals surface area contributed by atoms with Gasteiger partial charge in [0.2, 0.25) is 5.95 Å². The number of nitrogens with one attached hydrogen (secondary N) is 1. The van der Waals surface area contributed by atoms with Gasteiger partial charge < -0.3 is 5.32 Å². The van der Waals surface area contributed by atoms with Crippen LogP contribution in [0.4, 0.5) is 5.95 Å². The van der Waals surface area contributed by atoms with Gasteiger partial charge in [-0.25, -0.2) is 19.9 Å². The molecule has 1 N–H and O–H groups in total. The van der Waals surface area contributed by atoms with Crippen molar-refractivity contribution in [2.75, 3.05) is 5.32 Å². The second-order valence-electron chi connectivity index (χ2n) is 6.91. The maximum atomic E-state index is 4.69. The number of anilines is 1. The van der Waals surface area contributed by atoms with Gasteiger partial charge in [0.05, 0.1) is 17.1 Å². The minimum Gasteiger partial charge on any atom is -0.348 e. The molecule has 0 aliphatic carbocycles. The number of nitrogens with zero attached hydrogens (tertiary/aromatic N) is 6. The molecule has 5 aromatic rings. The number of hydrogen-bond donors (Lipinski definition) is 1. The fourth-order valence-corrected chi connectivity index (χ4v) is 3.35. The zero-order valence-corrected chi connectivity index (χ0v) is 16.3. The first-order valence-corrected chi connectivity index (χ1v) is 9.67. The van der Waals surface area contributed by atoms with E-state index in [4.69, 9.17) is 0 Å². The first-order valence-electron chi connectivity index (χ1n) is 9.67. The van der Waals surface area contributed by atoms with Crippen LogP contribution >= 0.6 is 0 Å². The third kappa shape index (κ3) is 3.48. The average molecular weight is 393 g/mol. The first kappa shape index (κ1) is 17.9. The minimum absolute atomic E-state index is 0.0920. The normalized spacial score (nSPS) is 12.0. The molecule has 0 spiro atoms. The summed E-state index contributed by atoms with van der Waals surface area (Å²) in [6.45, 7) is 2.09. The quantitative estimate of drug-likeness (QED) is 0.475. The highest BCUT2D eigenvalue weighted by molar-refractivity contribution is 5.81. The van der Waals surface area contributed by atoms with Crippen LogP contribution in [0.15, 0.2) is 85.6 Å². The molecule has 7 heteroatoms. The lowest BCUT2D eigenvalue weighted by Gasteiger charge is -2.14. The van der Waals surface area contributed by atoms with E-state index in [-0.39, 0.29) is 6.04 Å². The van der Waals surface area contributed by atoms with Gasteiger partial charge in [-0.05, 0) is 42.8 Å². The van der Waals surface area contributed by atoms with E-state index in [1.807, 2.05) is 47.0 Å². The second-order valence-corrected chi connectivity index (χ2v) is 6.91. The van der Waals surface area contributed by atoms with Crippen molar-refractivity contribution in [3.63, 3.8) is 0 Å². The molecule has 5 rings (SSSR count). The summed E-state index contributed by atoms with van der Waals surface area (Å²) in [7, 11) is 0. The molecule has 0 bridgehead atoms. The van der Waals surface area contributed by atoms with Crippen LogP contribution in [0.2, 0.25) is 0 Å². The number of aromatic nitrogens is 6. The Morgan fingerprint density at radius 1 is 0.833 bits per heavy atom. The molecule has 0 amide bonds. The summed E-state index contributed by atoms with van der Waals surface area (Å²) in [6.07, 6.45) is 6.99. The van der Waals surface area contributed by atoms with E-state index >= 15 is 0 Å². The Labute approximate surface area is 173 Å². The molecular formula is C23H19N7. The molecule has 2 aromatic carbocycles. The molecule has 146 valence electrons. The van der Waals surface area contributed by atoms with E-state index < -0.39 is 0 Å². The highest BCUT2D eigenvalue weighted by Crippen LogP contribution is 2.23. The Morgan fingerprint density at radius 3 is 2.50 bits per heavy atom. The zero-order valence-electron chi connectivity index (χ0n) is 16.3. The summed E-state index contributed by atoms with van der Waals surface area (Å²) in [5.41, 5.74) is 3.91. The summed E-state index contributed by atoms with van der Waals surface area (Å²) in [5, 5.41) is 3.37. The van der Waals surface area contributed by atoms with Crippen molar-refractivity contribution in [3.05, 3.63) is 91.1 Å².